The van der Waals surface area contributed by atoms with Gasteiger partial charge < -0.3 is 14.4 Å². The van der Waals surface area contributed by atoms with Crippen molar-refractivity contribution in [1.82, 2.24) is 4.90 Å². The van der Waals surface area contributed by atoms with E-state index in [4.69, 9.17) is 9.47 Å². The van der Waals surface area contributed by atoms with Crippen LogP contribution in [0.2, 0.25) is 0 Å². The van der Waals surface area contributed by atoms with Crippen molar-refractivity contribution in [1.29, 1.82) is 0 Å². The predicted molar refractivity (Wildman–Crippen MR) is 127 cm³/mol. The molecule has 0 spiro atoms. The van der Waals surface area contributed by atoms with Crippen molar-refractivity contribution >= 4 is 12.1 Å². The standard InChI is InChI=1S/C26H49NO4/c1-7-10-15-23(9-3)19-31-25(28)21(5)20(4)22(6)27(24-16-13-12-14-17-24)26(29)30-18-11-8-2/h20-24H,7-19H2,1-6H3. The van der Waals surface area contributed by atoms with Gasteiger partial charge in [-0.3, -0.25) is 4.79 Å². The first-order chi connectivity index (χ1) is 14.9. The van der Waals surface area contributed by atoms with E-state index >= 15 is 0 Å². The molecular formula is C26H49NO4. The highest BCUT2D eigenvalue weighted by Gasteiger charge is 2.37. The lowest BCUT2D eigenvalue weighted by Crippen LogP contribution is -2.51. The molecular weight excluding hydrogens is 390 g/mol. The number of hydrogen-bond acceptors (Lipinski definition) is 4. The second kappa shape index (κ2) is 15.5. The minimum atomic E-state index is -0.256. The van der Waals surface area contributed by atoms with Crippen LogP contribution >= 0.6 is 0 Å². The first kappa shape index (κ1) is 27.8. The van der Waals surface area contributed by atoms with E-state index in [9.17, 15) is 9.59 Å². The maximum Gasteiger partial charge on any atom is 0.410 e. The fourth-order valence-corrected chi connectivity index (χ4v) is 4.50. The Kier molecular flexibility index (Phi) is 13.9. The quantitative estimate of drug-likeness (QED) is 0.216. The van der Waals surface area contributed by atoms with Gasteiger partial charge in [0.1, 0.15) is 0 Å². The summed E-state index contributed by atoms with van der Waals surface area (Å²) in [6.07, 6.45) is 11.7. The molecule has 31 heavy (non-hydrogen) atoms. The van der Waals surface area contributed by atoms with Crippen molar-refractivity contribution < 1.29 is 19.1 Å². The zero-order chi connectivity index (χ0) is 23.2. The summed E-state index contributed by atoms with van der Waals surface area (Å²) in [7, 11) is 0. The molecule has 0 aromatic carbocycles. The molecule has 0 N–H and O–H groups in total. The van der Waals surface area contributed by atoms with E-state index in [2.05, 4.69) is 34.6 Å². The second-order valence-corrected chi connectivity index (χ2v) is 9.60. The lowest BCUT2D eigenvalue weighted by atomic mass is 9.86. The molecule has 4 atom stereocenters. The minimum absolute atomic E-state index is 0.00358. The Bertz CT molecular complexity index is 504. The first-order valence-corrected chi connectivity index (χ1v) is 13.0. The smallest absolute Gasteiger partial charge is 0.410 e. The summed E-state index contributed by atoms with van der Waals surface area (Å²) in [5.41, 5.74) is 0. The van der Waals surface area contributed by atoms with Gasteiger partial charge in [0.15, 0.2) is 0 Å². The molecule has 0 aliphatic heterocycles. The highest BCUT2D eigenvalue weighted by Crippen LogP contribution is 2.30. The Labute approximate surface area is 191 Å². The van der Waals surface area contributed by atoms with Crippen molar-refractivity contribution in [3.8, 4) is 0 Å². The Morgan fingerprint density at radius 2 is 1.58 bits per heavy atom. The molecule has 0 aromatic rings. The van der Waals surface area contributed by atoms with Gasteiger partial charge in [-0.25, -0.2) is 4.79 Å². The molecule has 5 heteroatoms. The van der Waals surface area contributed by atoms with Crippen LogP contribution in [0.15, 0.2) is 0 Å². The summed E-state index contributed by atoms with van der Waals surface area (Å²) in [6.45, 7) is 13.5. The van der Waals surface area contributed by atoms with Gasteiger partial charge in [-0.15, -0.1) is 0 Å². The molecule has 4 unspecified atom stereocenters. The maximum atomic E-state index is 13.0. The van der Waals surface area contributed by atoms with Crippen LogP contribution in [0.1, 0.15) is 112 Å². The molecule has 1 aliphatic carbocycles. The van der Waals surface area contributed by atoms with Crippen molar-refractivity contribution in [3.05, 3.63) is 0 Å². The van der Waals surface area contributed by atoms with Crippen molar-refractivity contribution in [2.24, 2.45) is 17.8 Å². The van der Waals surface area contributed by atoms with Crippen molar-refractivity contribution in [3.63, 3.8) is 0 Å². The Morgan fingerprint density at radius 3 is 2.16 bits per heavy atom. The van der Waals surface area contributed by atoms with E-state index < -0.39 is 0 Å². The molecule has 5 nitrogen and oxygen atoms in total. The van der Waals surface area contributed by atoms with Gasteiger partial charge in [-0.2, -0.15) is 0 Å². The Hall–Kier alpha value is -1.26. The largest absolute Gasteiger partial charge is 0.465 e. The van der Waals surface area contributed by atoms with E-state index in [1.54, 1.807) is 0 Å². The van der Waals surface area contributed by atoms with Gasteiger partial charge in [0.25, 0.3) is 0 Å². The summed E-state index contributed by atoms with van der Waals surface area (Å²) >= 11 is 0. The van der Waals surface area contributed by atoms with Gasteiger partial charge in [0, 0.05) is 12.1 Å². The third-order valence-corrected chi connectivity index (χ3v) is 7.27. The van der Waals surface area contributed by atoms with Crippen LogP contribution in [-0.4, -0.2) is 42.3 Å². The number of amides is 1. The second-order valence-electron chi connectivity index (χ2n) is 9.60. The van der Waals surface area contributed by atoms with Crippen LogP contribution in [-0.2, 0) is 14.3 Å². The van der Waals surface area contributed by atoms with Gasteiger partial charge in [0.2, 0.25) is 0 Å². The highest BCUT2D eigenvalue weighted by molar-refractivity contribution is 5.73. The minimum Gasteiger partial charge on any atom is -0.465 e. The predicted octanol–water partition coefficient (Wildman–Crippen LogP) is 6.98. The molecule has 182 valence electrons. The fourth-order valence-electron chi connectivity index (χ4n) is 4.50. The molecule has 0 radical (unpaired) electrons. The summed E-state index contributed by atoms with van der Waals surface area (Å²) in [4.78, 5) is 27.7. The van der Waals surface area contributed by atoms with Crippen LogP contribution < -0.4 is 0 Å². The van der Waals surface area contributed by atoms with E-state index in [1.807, 2.05) is 11.8 Å². The van der Waals surface area contributed by atoms with E-state index in [0.29, 0.717) is 19.1 Å². The zero-order valence-electron chi connectivity index (χ0n) is 21.2. The normalized spacial score (nSPS) is 18.6. The number of carbonyl (C=O) groups is 2. The highest BCUT2D eigenvalue weighted by atomic mass is 16.6. The zero-order valence-corrected chi connectivity index (χ0v) is 21.2. The summed E-state index contributed by atoms with van der Waals surface area (Å²) < 4.78 is 11.3. The Balaban J connectivity index is 2.75. The maximum absolute atomic E-state index is 13.0. The third kappa shape index (κ3) is 9.41. The number of hydrogen-bond donors (Lipinski definition) is 0. The Morgan fingerprint density at radius 1 is 0.935 bits per heavy atom. The molecule has 0 bridgehead atoms. The fraction of sp³-hybridized carbons (Fsp3) is 0.923. The number of rotatable bonds is 14. The third-order valence-electron chi connectivity index (χ3n) is 7.27. The lowest BCUT2D eigenvalue weighted by molar-refractivity contribution is -0.152. The van der Waals surface area contributed by atoms with Crippen LogP contribution in [0, 0.1) is 17.8 Å². The molecule has 0 aromatic heterocycles. The first-order valence-electron chi connectivity index (χ1n) is 13.0. The van der Waals surface area contributed by atoms with Crippen LogP contribution in [0.25, 0.3) is 0 Å². The number of unbranched alkanes of at least 4 members (excludes halogenated alkanes) is 2. The van der Waals surface area contributed by atoms with Crippen LogP contribution in [0.4, 0.5) is 4.79 Å². The van der Waals surface area contributed by atoms with Gasteiger partial charge in [0.05, 0.1) is 19.1 Å². The molecule has 1 rings (SSSR count). The average Bonchev–Trinajstić information content (AvgIpc) is 2.79. The molecule has 0 heterocycles. The average molecular weight is 440 g/mol. The van der Waals surface area contributed by atoms with Crippen LogP contribution in [0.3, 0.4) is 0 Å². The number of nitrogens with zero attached hydrogens (tertiary/aromatic N) is 1. The summed E-state index contributed by atoms with van der Waals surface area (Å²) in [5.74, 6) is 0.0467. The van der Waals surface area contributed by atoms with Gasteiger partial charge >= 0.3 is 12.1 Å². The number of esters is 1. The molecule has 1 amide bonds. The molecule has 1 fully saturated rings. The van der Waals surface area contributed by atoms with E-state index in [1.165, 1.54) is 19.3 Å². The van der Waals surface area contributed by atoms with Gasteiger partial charge in [-0.05, 0) is 44.4 Å². The van der Waals surface area contributed by atoms with Crippen molar-refractivity contribution in [2.45, 2.75) is 124 Å². The van der Waals surface area contributed by atoms with E-state index in [0.717, 1.165) is 51.4 Å². The molecule has 1 aliphatic rings. The SMILES string of the molecule is CCCCOC(=O)N(C1CCCCC1)C(C)C(C)C(C)C(=O)OCC(CC)CCCC. The molecule has 0 saturated heterocycles. The molecule has 1 saturated carbocycles. The summed E-state index contributed by atoms with van der Waals surface area (Å²) in [6, 6.07) is 0.143. The van der Waals surface area contributed by atoms with Crippen molar-refractivity contribution in [2.75, 3.05) is 13.2 Å². The summed E-state index contributed by atoms with van der Waals surface area (Å²) in [5, 5.41) is 0. The topological polar surface area (TPSA) is 55.8 Å². The van der Waals surface area contributed by atoms with Gasteiger partial charge in [-0.1, -0.05) is 79.6 Å². The van der Waals surface area contributed by atoms with E-state index in [-0.39, 0.29) is 36.0 Å². The lowest BCUT2D eigenvalue weighted by Gasteiger charge is -2.41. The number of carbonyl (C=O) groups excluding carboxylic acids is 2. The van der Waals surface area contributed by atoms with Crippen LogP contribution in [0.5, 0.6) is 0 Å². The number of ether oxygens (including phenoxy) is 2. The monoisotopic (exact) mass is 439 g/mol.